The van der Waals surface area contributed by atoms with Gasteiger partial charge in [0, 0.05) is 37.5 Å². The predicted octanol–water partition coefficient (Wildman–Crippen LogP) is 1.79. The number of carbonyl (C=O) groups is 1. The first-order chi connectivity index (χ1) is 11.0. The molecule has 0 bridgehead atoms. The van der Waals surface area contributed by atoms with E-state index < -0.39 is 4.92 Å². The largest absolute Gasteiger partial charge is 0.396 e. The molecule has 1 saturated heterocycles. The van der Waals surface area contributed by atoms with Crippen LogP contribution in [0.15, 0.2) is 24.3 Å². The maximum Gasteiger partial charge on any atom is 0.269 e. The Morgan fingerprint density at radius 3 is 2.74 bits per heavy atom. The number of hydrogen-bond donors (Lipinski definition) is 1. The van der Waals surface area contributed by atoms with Gasteiger partial charge in [0.1, 0.15) is 0 Å². The minimum absolute atomic E-state index is 0.0122. The number of benzene rings is 1. The van der Waals surface area contributed by atoms with Crippen molar-refractivity contribution in [1.29, 1.82) is 0 Å². The molecule has 7 heteroatoms. The highest BCUT2D eigenvalue weighted by Gasteiger charge is 2.27. The van der Waals surface area contributed by atoms with Crippen molar-refractivity contribution >= 4 is 17.3 Å². The molecule has 23 heavy (non-hydrogen) atoms. The number of likely N-dealkylation sites (N-methyl/N-ethyl adjacent to an activating group) is 1. The van der Waals surface area contributed by atoms with Gasteiger partial charge in [-0.1, -0.05) is 0 Å². The molecule has 1 fully saturated rings. The zero-order chi connectivity index (χ0) is 16.8. The van der Waals surface area contributed by atoms with Crippen molar-refractivity contribution in [3.63, 3.8) is 0 Å². The Morgan fingerprint density at radius 1 is 1.43 bits per heavy atom. The molecule has 1 amide bonds. The molecule has 0 saturated carbocycles. The van der Waals surface area contributed by atoms with Crippen LogP contribution in [0.2, 0.25) is 0 Å². The molecule has 7 nitrogen and oxygen atoms in total. The van der Waals surface area contributed by atoms with Crippen LogP contribution in [0.1, 0.15) is 25.7 Å². The zero-order valence-electron chi connectivity index (χ0n) is 13.4. The molecule has 1 aliphatic heterocycles. The van der Waals surface area contributed by atoms with E-state index in [0.29, 0.717) is 18.3 Å². The van der Waals surface area contributed by atoms with Crippen LogP contribution in [-0.4, -0.2) is 53.6 Å². The van der Waals surface area contributed by atoms with Crippen LogP contribution in [0, 0.1) is 10.1 Å². The van der Waals surface area contributed by atoms with Crippen molar-refractivity contribution in [1.82, 2.24) is 4.90 Å². The van der Waals surface area contributed by atoms with E-state index in [9.17, 15) is 14.9 Å². The number of aliphatic hydroxyl groups excluding tert-OH is 1. The molecular formula is C16H23N3O4. The van der Waals surface area contributed by atoms with Gasteiger partial charge in [-0.25, -0.2) is 0 Å². The van der Waals surface area contributed by atoms with Crippen LogP contribution in [0.4, 0.5) is 11.4 Å². The summed E-state index contributed by atoms with van der Waals surface area (Å²) in [4.78, 5) is 26.4. The lowest BCUT2D eigenvalue weighted by molar-refractivity contribution is -0.384. The minimum atomic E-state index is -0.457. The Balaban J connectivity index is 1.95. The normalized spacial score (nSPS) is 18.1. The first kappa shape index (κ1) is 17.4. The number of nitro groups is 1. The third-order valence-electron chi connectivity index (χ3n) is 4.35. The van der Waals surface area contributed by atoms with E-state index in [4.69, 9.17) is 5.11 Å². The minimum Gasteiger partial charge on any atom is -0.396 e. The summed E-state index contributed by atoms with van der Waals surface area (Å²) in [6, 6.07) is 6.33. The summed E-state index contributed by atoms with van der Waals surface area (Å²) in [6.45, 7) is 1.42. The number of rotatable bonds is 7. The van der Waals surface area contributed by atoms with Crippen molar-refractivity contribution in [3.05, 3.63) is 34.4 Å². The number of likely N-dealkylation sites (tertiary alicyclic amines) is 1. The molecule has 1 unspecified atom stereocenters. The Labute approximate surface area is 135 Å². The van der Waals surface area contributed by atoms with Crippen LogP contribution in [0.3, 0.4) is 0 Å². The fourth-order valence-electron chi connectivity index (χ4n) is 2.98. The highest BCUT2D eigenvalue weighted by atomic mass is 16.6. The fraction of sp³-hybridized carbons (Fsp3) is 0.562. The molecule has 126 valence electrons. The lowest BCUT2D eigenvalue weighted by Gasteiger charge is -2.26. The van der Waals surface area contributed by atoms with Gasteiger partial charge in [-0.3, -0.25) is 19.8 Å². The third kappa shape index (κ3) is 4.49. The van der Waals surface area contributed by atoms with Gasteiger partial charge in [-0.05, 0) is 44.4 Å². The van der Waals surface area contributed by atoms with Crippen molar-refractivity contribution in [2.45, 2.75) is 31.7 Å². The van der Waals surface area contributed by atoms with Gasteiger partial charge < -0.3 is 10.0 Å². The van der Waals surface area contributed by atoms with Gasteiger partial charge in [-0.2, -0.15) is 0 Å². The van der Waals surface area contributed by atoms with E-state index in [1.807, 2.05) is 0 Å². The summed E-state index contributed by atoms with van der Waals surface area (Å²) in [7, 11) is 1.68. The Kier molecular flexibility index (Phi) is 6.06. The topological polar surface area (TPSA) is 86.9 Å². The molecule has 0 radical (unpaired) electrons. The summed E-state index contributed by atoms with van der Waals surface area (Å²) in [5, 5.41) is 19.6. The van der Waals surface area contributed by atoms with E-state index in [-0.39, 0.29) is 18.2 Å². The molecule has 1 heterocycles. The molecular weight excluding hydrogens is 298 g/mol. The summed E-state index contributed by atoms with van der Waals surface area (Å²) < 4.78 is 0. The van der Waals surface area contributed by atoms with E-state index in [2.05, 4.69) is 4.90 Å². The van der Waals surface area contributed by atoms with Gasteiger partial charge in [0.15, 0.2) is 0 Å². The summed E-state index contributed by atoms with van der Waals surface area (Å²) >= 11 is 0. The summed E-state index contributed by atoms with van der Waals surface area (Å²) in [6.07, 6.45) is 3.80. The van der Waals surface area contributed by atoms with Crippen LogP contribution in [0.25, 0.3) is 0 Å². The lowest BCUT2D eigenvalue weighted by atomic mass is 10.1. The average Bonchev–Trinajstić information content (AvgIpc) is 2.99. The van der Waals surface area contributed by atoms with E-state index in [0.717, 1.165) is 32.2 Å². The molecule has 1 aromatic carbocycles. The Bertz CT molecular complexity index is 547. The van der Waals surface area contributed by atoms with Crippen molar-refractivity contribution in [2.75, 3.05) is 31.6 Å². The SMILES string of the molecule is CN(C(=O)CN1CCCC1CCCO)c1ccc([N+](=O)[O-])cc1. The predicted molar refractivity (Wildman–Crippen MR) is 87.4 cm³/mol. The summed E-state index contributed by atoms with van der Waals surface area (Å²) in [5.74, 6) is -0.0326. The number of carbonyl (C=O) groups excluding carboxylic acids is 1. The third-order valence-corrected chi connectivity index (χ3v) is 4.35. The van der Waals surface area contributed by atoms with Crippen molar-refractivity contribution in [3.8, 4) is 0 Å². The van der Waals surface area contributed by atoms with Gasteiger partial charge in [0.2, 0.25) is 5.91 Å². The molecule has 0 aromatic heterocycles. The van der Waals surface area contributed by atoms with Crippen LogP contribution in [0.5, 0.6) is 0 Å². The standard InChI is InChI=1S/C16H23N3O4/c1-17(13-6-8-15(9-7-13)19(22)23)16(21)12-18-10-2-4-14(18)5-3-11-20/h6-9,14,20H,2-5,10-12H2,1H3. The molecule has 1 N–H and O–H groups in total. The number of anilines is 1. The number of hydrogen-bond acceptors (Lipinski definition) is 5. The second-order valence-corrected chi connectivity index (χ2v) is 5.86. The number of nitrogens with zero attached hydrogens (tertiary/aromatic N) is 3. The maximum atomic E-state index is 12.4. The van der Waals surface area contributed by atoms with E-state index in [1.54, 1.807) is 19.2 Å². The lowest BCUT2D eigenvalue weighted by Crippen LogP contribution is -2.40. The first-order valence-corrected chi connectivity index (χ1v) is 7.89. The number of nitro benzene ring substituents is 1. The molecule has 1 aliphatic rings. The van der Waals surface area contributed by atoms with Gasteiger partial charge in [-0.15, -0.1) is 0 Å². The Hall–Kier alpha value is -1.99. The fourth-order valence-corrected chi connectivity index (χ4v) is 2.98. The van der Waals surface area contributed by atoms with E-state index in [1.165, 1.54) is 17.0 Å². The molecule has 0 aliphatic carbocycles. The molecule has 1 atom stereocenters. The first-order valence-electron chi connectivity index (χ1n) is 7.89. The zero-order valence-corrected chi connectivity index (χ0v) is 13.4. The number of amides is 1. The van der Waals surface area contributed by atoms with E-state index >= 15 is 0 Å². The molecule has 1 aromatic rings. The second kappa shape index (κ2) is 8.03. The van der Waals surface area contributed by atoms with Crippen LogP contribution < -0.4 is 4.90 Å². The maximum absolute atomic E-state index is 12.4. The average molecular weight is 321 g/mol. The number of non-ortho nitro benzene ring substituents is 1. The van der Waals surface area contributed by atoms with Crippen LogP contribution in [-0.2, 0) is 4.79 Å². The second-order valence-electron chi connectivity index (χ2n) is 5.86. The monoisotopic (exact) mass is 321 g/mol. The van der Waals surface area contributed by atoms with Gasteiger partial charge >= 0.3 is 0 Å². The quantitative estimate of drug-likeness (QED) is 0.611. The summed E-state index contributed by atoms with van der Waals surface area (Å²) in [5.41, 5.74) is 0.657. The molecule has 0 spiro atoms. The highest BCUT2D eigenvalue weighted by Crippen LogP contribution is 2.22. The van der Waals surface area contributed by atoms with Crippen molar-refractivity contribution < 1.29 is 14.8 Å². The molecule has 2 rings (SSSR count). The smallest absolute Gasteiger partial charge is 0.269 e. The van der Waals surface area contributed by atoms with Crippen LogP contribution >= 0.6 is 0 Å². The van der Waals surface area contributed by atoms with Crippen molar-refractivity contribution in [2.24, 2.45) is 0 Å². The van der Waals surface area contributed by atoms with Gasteiger partial charge in [0.25, 0.3) is 5.69 Å². The van der Waals surface area contributed by atoms with Gasteiger partial charge in [0.05, 0.1) is 11.5 Å². The number of aliphatic hydroxyl groups is 1. The highest BCUT2D eigenvalue weighted by molar-refractivity contribution is 5.94. The Morgan fingerprint density at radius 2 is 2.13 bits per heavy atom.